The molecular formula is C11H10N4OS. The van der Waals surface area contributed by atoms with Gasteiger partial charge in [0.1, 0.15) is 16.1 Å². The van der Waals surface area contributed by atoms with Crippen LogP contribution in [0, 0.1) is 0 Å². The number of thiazole rings is 1. The number of hydrogen-bond acceptors (Lipinski definition) is 5. The lowest BCUT2D eigenvalue weighted by Gasteiger charge is -2.00. The van der Waals surface area contributed by atoms with E-state index in [9.17, 15) is 0 Å². The summed E-state index contributed by atoms with van der Waals surface area (Å²) in [5, 5.41) is 7.67. The number of H-pyrrole nitrogens is 1. The summed E-state index contributed by atoms with van der Waals surface area (Å²) in [6, 6.07) is 7.73. The van der Waals surface area contributed by atoms with Crippen molar-refractivity contribution in [2.24, 2.45) is 0 Å². The molecule has 2 aromatic heterocycles. The van der Waals surface area contributed by atoms with Crippen molar-refractivity contribution in [1.29, 1.82) is 0 Å². The number of aromatic nitrogens is 3. The first kappa shape index (κ1) is 10.1. The number of aromatic amines is 1. The normalized spacial score (nSPS) is 10.9. The van der Waals surface area contributed by atoms with Crippen LogP contribution in [0.2, 0.25) is 0 Å². The maximum Gasteiger partial charge on any atom is 0.182 e. The summed E-state index contributed by atoms with van der Waals surface area (Å²) in [4.78, 5) is 4.15. The van der Waals surface area contributed by atoms with Gasteiger partial charge in [-0.15, -0.1) is 0 Å². The van der Waals surface area contributed by atoms with Crippen molar-refractivity contribution in [3.8, 4) is 17.0 Å². The van der Waals surface area contributed by atoms with Gasteiger partial charge in [0, 0.05) is 5.56 Å². The largest absolute Gasteiger partial charge is 0.497 e. The Labute approximate surface area is 101 Å². The van der Waals surface area contributed by atoms with Gasteiger partial charge in [-0.3, -0.25) is 5.10 Å². The van der Waals surface area contributed by atoms with Gasteiger partial charge in [-0.2, -0.15) is 5.10 Å². The van der Waals surface area contributed by atoms with E-state index in [4.69, 9.17) is 10.5 Å². The van der Waals surface area contributed by atoms with E-state index in [1.54, 1.807) is 7.11 Å². The second-order valence-corrected chi connectivity index (χ2v) is 4.56. The van der Waals surface area contributed by atoms with Gasteiger partial charge in [-0.1, -0.05) is 11.3 Å². The Morgan fingerprint density at radius 3 is 2.76 bits per heavy atom. The third kappa shape index (κ3) is 1.62. The lowest BCUT2D eigenvalue weighted by atomic mass is 10.1. The Morgan fingerprint density at radius 2 is 2.06 bits per heavy atom. The van der Waals surface area contributed by atoms with Crippen molar-refractivity contribution < 1.29 is 4.74 Å². The van der Waals surface area contributed by atoms with Crippen LogP contribution in [0.15, 0.2) is 24.3 Å². The zero-order valence-corrected chi connectivity index (χ0v) is 9.91. The van der Waals surface area contributed by atoms with Crippen LogP contribution in [0.1, 0.15) is 0 Å². The molecule has 86 valence electrons. The molecule has 3 aromatic rings. The molecule has 0 aliphatic carbocycles. The fraction of sp³-hybridized carbons (Fsp3) is 0.0909. The van der Waals surface area contributed by atoms with E-state index in [-0.39, 0.29) is 0 Å². The van der Waals surface area contributed by atoms with Crippen LogP contribution in [-0.4, -0.2) is 22.3 Å². The average Bonchev–Trinajstić information content (AvgIpc) is 2.88. The van der Waals surface area contributed by atoms with Crippen molar-refractivity contribution in [2.75, 3.05) is 12.8 Å². The highest BCUT2D eigenvalue weighted by Gasteiger charge is 2.12. The van der Waals surface area contributed by atoms with Gasteiger partial charge in [0.15, 0.2) is 10.8 Å². The average molecular weight is 246 g/mol. The molecule has 0 atom stereocenters. The molecule has 0 spiro atoms. The van der Waals surface area contributed by atoms with E-state index in [0.717, 1.165) is 27.4 Å². The number of nitrogens with two attached hydrogens (primary N) is 1. The quantitative estimate of drug-likeness (QED) is 0.727. The molecule has 0 aliphatic rings. The number of anilines is 1. The Balaban J connectivity index is 2.12. The van der Waals surface area contributed by atoms with E-state index in [1.165, 1.54) is 11.3 Å². The van der Waals surface area contributed by atoms with Gasteiger partial charge in [-0.25, -0.2) is 4.98 Å². The number of nitrogens with zero attached hydrogens (tertiary/aromatic N) is 2. The SMILES string of the molecule is COc1ccc(-c2n[nH]c3nc(N)sc23)cc1. The van der Waals surface area contributed by atoms with Crippen LogP contribution < -0.4 is 10.5 Å². The number of methoxy groups -OCH3 is 1. The minimum absolute atomic E-state index is 0.545. The number of benzene rings is 1. The number of nitrogen functional groups attached to an aromatic ring is 1. The summed E-state index contributed by atoms with van der Waals surface area (Å²) < 4.78 is 6.10. The molecule has 0 fully saturated rings. The van der Waals surface area contributed by atoms with Gasteiger partial charge in [0.05, 0.1) is 7.11 Å². The minimum Gasteiger partial charge on any atom is -0.497 e. The fourth-order valence-corrected chi connectivity index (χ4v) is 2.47. The molecule has 0 bridgehead atoms. The van der Waals surface area contributed by atoms with Gasteiger partial charge < -0.3 is 10.5 Å². The highest BCUT2D eigenvalue weighted by Crippen LogP contribution is 2.32. The molecule has 2 heterocycles. The molecule has 17 heavy (non-hydrogen) atoms. The molecule has 3 N–H and O–H groups in total. The standard InChI is InChI=1S/C11H10N4OS/c1-16-7-4-2-6(3-5-7)8-9-10(15-14-8)13-11(12)17-9/h2-5H,1H3,(H3,12,13,14,15). The minimum atomic E-state index is 0.545. The molecule has 1 aromatic carbocycles. The molecule has 0 amide bonds. The van der Waals surface area contributed by atoms with Gasteiger partial charge in [-0.05, 0) is 24.3 Å². The number of nitrogens with one attached hydrogen (secondary N) is 1. The van der Waals surface area contributed by atoms with E-state index in [2.05, 4.69) is 15.2 Å². The summed E-state index contributed by atoms with van der Waals surface area (Å²) in [5.74, 6) is 0.823. The summed E-state index contributed by atoms with van der Waals surface area (Å²) in [6.45, 7) is 0. The van der Waals surface area contributed by atoms with Crippen LogP contribution in [-0.2, 0) is 0 Å². The van der Waals surface area contributed by atoms with Crippen molar-refractivity contribution >= 4 is 26.8 Å². The monoisotopic (exact) mass is 246 g/mol. The van der Waals surface area contributed by atoms with E-state index < -0.39 is 0 Å². The molecule has 0 unspecified atom stereocenters. The second kappa shape index (κ2) is 3.74. The Hall–Kier alpha value is -2.08. The first-order chi connectivity index (χ1) is 8.28. The molecule has 6 heteroatoms. The van der Waals surface area contributed by atoms with Crippen LogP contribution >= 0.6 is 11.3 Å². The number of rotatable bonds is 2. The molecule has 3 rings (SSSR count). The highest BCUT2D eigenvalue weighted by atomic mass is 32.1. The van der Waals surface area contributed by atoms with Crippen molar-refractivity contribution in [2.45, 2.75) is 0 Å². The molecule has 0 radical (unpaired) electrons. The molecule has 0 saturated carbocycles. The molecule has 0 aliphatic heterocycles. The summed E-state index contributed by atoms with van der Waals surface area (Å²) in [6.07, 6.45) is 0. The van der Waals surface area contributed by atoms with E-state index in [0.29, 0.717) is 5.13 Å². The molecular weight excluding hydrogens is 236 g/mol. The zero-order valence-electron chi connectivity index (χ0n) is 9.10. The number of fused-ring (bicyclic) bond motifs is 1. The van der Waals surface area contributed by atoms with Crippen LogP contribution in [0.5, 0.6) is 5.75 Å². The van der Waals surface area contributed by atoms with Crippen LogP contribution in [0.4, 0.5) is 5.13 Å². The first-order valence-electron chi connectivity index (χ1n) is 5.03. The Kier molecular flexibility index (Phi) is 2.22. The predicted molar refractivity (Wildman–Crippen MR) is 68.2 cm³/mol. The third-order valence-electron chi connectivity index (χ3n) is 2.50. The van der Waals surface area contributed by atoms with Crippen LogP contribution in [0.3, 0.4) is 0 Å². The van der Waals surface area contributed by atoms with Crippen molar-refractivity contribution in [3.63, 3.8) is 0 Å². The number of ether oxygens (including phenoxy) is 1. The van der Waals surface area contributed by atoms with Gasteiger partial charge in [0.25, 0.3) is 0 Å². The lowest BCUT2D eigenvalue weighted by molar-refractivity contribution is 0.415. The van der Waals surface area contributed by atoms with Crippen LogP contribution in [0.25, 0.3) is 21.6 Å². The maximum absolute atomic E-state index is 5.67. The summed E-state index contributed by atoms with van der Waals surface area (Å²) in [7, 11) is 1.64. The van der Waals surface area contributed by atoms with Crippen molar-refractivity contribution in [1.82, 2.24) is 15.2 Å². The van der Waals surface area contributed by atoms with Crippen molar-refractivity contribution in [3.05, 3.63) is 24.3 Å². The lowest BCUT2D eigenvalue weighted by Crippen LogP contribution is -1.83. The topological polar surface area (TPSA) is 76.8 Å². The van der Waals surface area contributed by atoms with Gasteiger partial charge >= 0.3 is 0 Å². The van der Waals surface area contributed by atoms with E-state index >= 15 is 0 Å². The summed E-state index contributed by atoms with van der Waals surface area (Å²) >= 11 is 1.43. The Bertz CT molecular complexity index is 656. The first-order valence-corrected chi connectivity index (χ1v) is 5.84. The second-order valence-electron chi connectivity index (χ2n) is 3.53. The Morgan fingerprint density at radius 1 is 1.29 bits per heavy atom. The third-order valence-corrected chi connectivity index (χ3v) is 3.39. The molecule has 0 saturated heterocycles. The molecule has 5 nitrogen and oxygen atoms in total. The number of hydrogen-bond donors (Lipinski definition) is 2. The smallest absolute Gasteiger partial charge is 0.182 e. The maximum atomic E-state index is 5.67. The van der Waals surface area contributed by atoms with E-state index in [1.807, 2.05) is 24.3 Å². The van der Waals surface area contributed by atoms with Gasteiger partial charge in [0.2, 0.25) is 0 Å². The fourth-order valence-electron chi connectivity index (χ4n) is 1.68. The summed E-state index contributed by atoms with van der Waals surface area (Å²) in [5.41, 5.74) is 8.29. The highest BCUT2D eigenvalue weighted by molar-refractivity contribution is 7.22. The zero-order chi connectivity index (χ0) is 11.8. The predicted octanol–water partition coefficient (Wildman–Crippen LogP) is 2.28.